The molecular weight excluding hydrogens is 572 g/mol. The summed E-state index contributed by atoms with van der Waals surface area (Å²) in [6.45, 7) is 0. The van der Waals surface area contributed by atoms with Crippen molar-refractivity contribution in [3.8, 4) is 11.5 Å². The Morgan fingerprint density at radius 1 is 0.875 bits per heavy atom. The van der Waals surface area contributed by atoms with Gasteiger partial charge in [0.25, 0.3) is 5.91 Å². The van der Waals surface area contributed by atoms with Crippen LogP contribution >= 0.6 is 15.9 Å². The van der Waals surface area contributed by atoms with Gasteiger partial charge in [-0.15, -0.1) is 0 Å². The minimum atomic E-state index is -0.727. The first-order valence-corrected chi connectivity index (χ1v) is 13.1. The molecule has 200 valence electrons. The van der Waals surface area contributed by atoms with E-state index in [4.69, 9.17) is 9.47 Å². The number of amides is 1. The van der Waals surface area contributed by atoms with Gasteiger partial charge in [-0.3, -0.25) is 4.79 Å². The highest BCUT2D eigenvalue weighted by atomic mass is 79.9. The lowest BCUT2D eigenvalue weighted by molar-refractivity contribution is -0.117. The van der Waals surface area contributed by atoms with Crippen LogP contribution in [-0.4, -0.2) is 25.2 Å². The zero-order chi connectivity index (χ0) is 28.0. The molecule has 0 atom stereocenters. The summed E-state index contributed by atoms with van der Waals surface area (Å²) in [5.41, 5.74) is 11.4. The number of rotatable bonds is 8. The maximum absolute atomic E-state index is 13.0. The fourth-order valence-electron chi connectivity index (χ4n) is 4.31. The number of hydrogen-bond acceptors (Lipinski definition) is 7. The molecule has 1 heterocycles. The zero-order valence-corrected chi connectivity index (χ0v) is 23.0. The van der Waals surface area contributed by atoms with E-state index in [2.05, 4.69) is 37.3 Å². The van der Waals surface area contributed by atoms with Crippen LogP contribution in [-0.2, 0) is 10.3 Å². The first-order valence-electron chi connectivity index (χ1n) is 12.4. The van der Waals surface area contributed by atoms with Crippen LogP contribution in [0.1, 0.15) is 27.0 Å². The molecule has 1 aliphatic rings. The molecule has 0 fully saturated rings. The Kier molecular flexibility index (Phi) is 8.04. The number of carbonyl (C=O) groups excluding carboxylic acids is 2. The first-order chi connectivity index (χ1) is 19.5. The minimum absolute atomic E-state index is 0.258. The monoisotopic (exact) mass is 596 g/mol. The Labute approximate surface area is 239 Å². The summed E-state index contributed by atoms with van der Waals surface area (Å²) >= 11 is 3.36. The molecule has 0 saturated heterocycles. The van der Waals surface area contributed by atoms with Gasteiger partial charge < -0.3 is 14.9 Å². The quantitative estimate of drug-likeness (QED) is 0.114. The molecule has 0 unspecified atom stereocenters. The van der Waals surface area contributed by atoms with Gasteiger partial charge in [-0.25, -0.2) is 15.6 Å². The van der Waals surface area contributed by atoms with Gasteiger partial charge in [0, 0.05) is 4.47 Å². The Balaban J connectivity index is 1.29. The van der Waals surface area contributed by atoms with Crippen molar-refractivity contribution in [1.82, 2.24) is 16.3 Å². The van der Waals surface area contributed by atoms with E-state index in [0.717, 1.165) is 11.1 Å². The highest BCUT2D eigenvalue weighted by Crippen LogP contribution is 2.34. The third kappa shape index (κ3) is 5.66. The van der Waals surface area contributed by atoms with E-state index < -0.39 is 17.4 Å². The lowest BCUT2D eigenvalue weighted by Gasteiger charge is -2.28. The van der Waals surface area contributed by atoms with Crippen molar-refractivity contribution >= 4 is 34.0 Å². The number of hydrazine groups is 1. The van der Waals surface area contributed by atoms with Crippen molar-refractivity contribution in [3.63, 3.8) is 0 Å². The Morgan fingerprint density at radius 2 is 1.52 bits per heavy atom. The van der Waals surface area contributed by atoms with Crippen LogP contribution in [0.3, 0.4) is 0 Å². The summed E-state index contributed by atoms with van der Waals surface area (Å²) in [6.07, 6.45) is 3.32. The third-order valence-corrected chi connectivity index (χ3v) is 7.01. The van der Waals surface area contributed by atoms with Gasteiger partial charge in [0.05, 0.1) is 18.9 Å². The van der Waals surface area contributed by atoms with Crippen molar-refractivity contribution in [2.24, 2.45) is 5.10 Å². The largest absolute Gasteiger partial charge is 0.493 e. The molecule has 40 heavy (non-hydrogen) atoms. The highest BCUT2D eigenvalue weighted by Gasteiger charge is 2.38. The number of nitrogens with zero attached hydrogens (tertiary/aromatic N) is 1. The second-order valence-corrected chi connectivity index (χ2v) is 9.68. The number of halogens is 1. The van der Waals surface area contributed by atoms with Gasteiger partial charge in [-0.1, -0.05) is 72.8 Å². The first kappa shape index (κ1) is 26.9. The predicted octanol–water partition coefficient (Wildman–Crippen LogP) is 5.06. The topological polar surface area (TPSA) is 101 Å². The van der Waals surface area contributed by atoms with Crippen LogP contribution in [0.25, 0.3) is 0 Å². The summed E-state index contributed by atoms with van der Waals surface area (Å²) < 4.78 is 11.6. The van der Waals surface area contributed by atoms with Crippen LogP contribution < -0.4 is 25.8 Å². The Bertz CT molecular complexity index is 1550. The molecule has 0 radical (unpaired) electrons. The van der Waals surface area contributed by atoms with Gasteiger partial charge in [-0.05, 0) is 69.0 Å². The van der Waals surface area contributed by atoms with Crippen molar-refractivity contribution < 1.29 is 19.1 Å². The number of carbonyl (C=O) groups is 2. The number of esters is 1. The molecule has 0 aromatic heterocycles. The second-order valence-electron chi connectivity index (χ2n) is 8.83. The zero-order valence-electron chi connectivity index (χ0n) is 21.4. The molecule has 1 amide bonds. The van der Waals surface area contributed by atoms with Crippen LogP contribution in [0.2, 0.25) is 0 Å². The third-order valence-electron chi connectivity index (χ3n) is 6.32. The van der Waals surface area contributed by atoms with E-state index in [1.807, 2.05) is 72.8 Å². The van der Waals surface area contributed by atoms with Crippen molar-refractivity contribution in [3.05, 3.63) is 142 Å². The fraction of sp³-hybridized carbons (Fsp3) is 0.0645. The van der Waals surface area contributed by atoms with Gasteiger partial charge in [-0.2, -0.15) is 5.10 Å². The second kappa shape index (κ2) is 12.0. The predicted molar refractivity (Wildman–Crippen MR) is 156 cm³/mol. The van der Waals surface area contributed by atoms with E-state index in [9.17, 15) is 9.59 Å². The number of hydrogen-bond donors (Lipinski definition) is 3. The normalized spacial score (nSPS) is 13.8. The lowest BCUT2D eigenvalue weighted by Crippen LogP contribution is -2.44. The summed E-state index contributed by atoms with van der Waals surface area (Å²) in [4.78, 5) is 25.6. The molecule has 0 bridgehead atoms. The van der Waals surface area contributed by atoms with E-state index in [0.29, 0.717) is 27.0 Å². The SMILES string of the molecule is COc1cc(C=NNC(=O)C2=CC(c3ccccc3)(c3ccccc3)NN2)ccc1OC(=O)c1ccccc1Br. The summed E-state index contributed by atoms with van der Waals surface area (Å²) in [5, 5.41) is 4.10. The molecular formula is C31H25BrN4O4. The summed E-state index contributed by atoms with van der Waals surface area (Å²) in [6, 6.07) is 31.7. The maximum Gasteiger partial charge on any atom is 0.344 e. The molecule has 3 N–H and O–H groups in total. The number of hydrazone groups is 1. The molecule has 4 aromatic carbocycles. The van der Waals surface area contributed by atoms with Gasteiger partial charge in [0.15, 0.2) is 11.5 Å². The highest BCUT2D eigenvalue weighted by molar-refractivity contribution is 9.10. The standard InChI is InChI=1S/C31H25BrN4O4/c1-39-28-18-21(16-17-27(28)40-30(38)24-14-8-9-15-25(24)32)20-33-35-29(37)26-19-31(36-34-26,22-10-4-2-5-11-22)23-12-6-3-7-13-23/h2-20,34,36H,1H3,(H,35,37). The van der Waals surface area contributed by atoms with E-state index in [1.165, 1.54) is 13.3 Å². The lowest BCUT2D eigenvalue weighted by atomic mass is 9.83. The Hall–Kier alpha value is -4.73. The van der Waals surface area contributed by atoms with Gasteiger partial charge in [0.1, 0.15) is 11.2 Å². The molecule has 1 aliphatic heterocycles. The van der Waals surface area contributed by atoms with Crippen LogP contribution in [0.5, 0.6) is 11.5 Å². The maximum atomic E-state index is 13.0. The van der Waals surface area contributed by atoms with Gasteiger partial charge in [0.2, 0.25) is 0 Å². The average molecular weight is 597 g/mol. The molecule has 0 saturated carbocycles. The van der Waals surface area contributed by atoms with Crippen molar-refractivity contribution in [2.45, 2.75) is 5.54 Å². The summed E-state index contributed by atoms with van der Waals surface area (Å²) in [7, 11) is 1.48. The van der Waals surface area contributed by atoms with Crippen molar-refractivity contribution in [1.29, 1.82) is 0 Å². The summed E-state index contributed by atoms with van der Waals surface area (Å²) in [5.74, 6) is -0.333. The fourth-order valence-corrected chi connectivity index (χ4v) is 4.76. The Morgan fingerprint density at radius 3 is 2.17 bits per heavy atom. The van der Waals surface area contributed by atoms with Crippen molar-refractivity contribution in [2.75, 3.05) is 7.11 Å². The molecule has 9 heteroatoms. The molecule has 8 nitrogen and oxygen atoms in total. The van der Waals surface area contributed by atoms with E-state index >= 15 is 0 Å². The van der Waals surface area contributed by atoms with Crippen LogP contribution in [0.15, 0.2) is 124 Å². The molecule has 0 spiro atoms. The smallest absolute Gasteiger partial charge is 0.344 e. The molecule has 5 rings (SSSR count). The number of methoxy groups -OCH3 is 1. The van der Waals surface area contributed by atoms with Crippen LogP contribution in [0, 0.1) is 0 Å². The molecule has 4 aromatic rings. The number of benzene rings is 4. The molecule has 0 aliphatic carbocycles. The van der Waals surface area contributed by atoms with E-state index in [1.54, 1.807) is 36.4 Å². The number of ether oxygens (including phenoxy) is 2. The van der Waals surface area contributed by atoms with E-state index in [-0.39, 0.29) is 5.75 Å². The average Bonchev–Trinajstić information content (AvgIpc) is 3.46. The number of nitrogens with one attached hydrogen (secondary N) is 3. The van der Waals surface area contributed by atoms with Gasteiger partial charge >= 0.3 is 5.97 Å². The van der Waals surface area contributed by atoms with Crippen LogP contribution in [0.4, 0.5) is 0 Å². The minimum Gasteiger partial charge on any atom is -0.493 e.